The average Bonchev–Trinajstić information content (AvgIpc) is 2.76. The molecule has 0 bridgehead atoms. The van der Waals surface area contributed by atoms with E-state index in [1.54, 1.807) is 16.7 Å². The molecule has 0 unspecified atom stereocenters. The van der Waals surface area contributed by atoms with Crippen LogP contribution in [0.1, 0.15) is 6.42 Å². The quantitative estimate of drug-likeness (QED) is 0.766. The summed E-state index contributed by atoms with van der Waals surface area (Å²) in [5.41, 5.74) is 0.627. The lowest BCUT2D eigenvalue weighted by molar-refractivity contribution is 0.295. The van der Waals surface area contributed by atoms with Crippen LogP contribution in [0.5, 0.6) is 5.75 Å². The number of nitrogens with zero attached hydrogens (tertiary/aromatic N) is 2. The number of aromatic nitrogens is 2. The topological polar surface area (TPSA) is 80.9 Å². The number of aliphatic hydroxyl groups is 1. The van der Waals surface area contributed by atoms with Crippen molar-refractivity contribution >= 4 is 38.1 Å². The molecule has 0 aliphatic rings. The zero-order valence-corrected chi connectivity index (χ0v) is 13.2. The maximum Gasteiger partial charge on any atom is 0.183 e. The highest BCUT2D eigenvalue weighted by molar-refractivity contribution is 14.1. The number of ether oxygens (including phenoxy) is 1. The van der Waals surface area contributed by atoms with Crippen LogP contribution in [0.3, 0.4) is 0 Å². The van der Waals surface area contributed by atoms with Gasteiger partial charge in [0.25, 0.3) is 0 Å². The Hall–Kier alpha value is -0.870. The minimum absolute atomic E-state index is 0.114. The molecule has 0 fully saturated rings. The van der Waals surface area contributed by atoms with Crippen molar-refractivity contribution in [3.05, 3.63) is 22.2 Å². The molecule has 104 valence electrons. The molecule has 0 saturated heterocycles. The predicted octanol–water partition coefficient (Wildman–Crippen LogP) is 1.10. The zero-order valence-electron chi connectivity index (χ0n) is 10.2. The highest BCUT2D eigenvalue weighted by Gasteiger charge is 2.21. The van der Waals surface area contributed by atoms with E-state index < -0.39 is 9.84 Å². The van der Waals surface area contributed by atoms with Gasteiger partial charge in [-0.2, -0.15) is 0 Å². The summed E-state index contributed by atoms with van der Waals surface area (Å²) in [4.78, 5) is 4.27. The molecular formula is C11H13IN2O4S. The van der Waals surface area contributed by atoms with E-state index in [-0.39, 0.29) is 29.4 Å². The van der Waals surface area contributed by atoms with Crippen LogP contribution < -0.4 is 4.74 Å². The van der Waals surface area contributed by atoms with Gasteiger partial charge in [-0.25, -0.2) is 13.4 Å². The lowest BCUT2D eigenvalue weighted by Gasteiger charge is -2.10. The number of imidazole rings is 1. The molecule has 2 aromatic rings. The highest BCUT2D eigenvalue weighted by atomic mass is 127. The first-order valence-electron chi connectivity index (χ1n) is 5.54. The van der Waals surface area contributed by atoms with Crippen LogP contribution in [0.2, 0.25) is 0 Å². The van der Waals surface area contributed by atoms with Crippen molar-refractivity contribution in [3.63, 3.8) is 0 Å². The molecule has 0 aliphatic carbocycles. The van der Waals surface area contributed by atoms with Gasteiger partial charge in [0.05, 0.1) is 19.1 Å². The van der Waals surface area contributed by atoms with Crippen molar-refractivity contribution in [3.8, 4) is 5.75 Å². The summed E-state index contributed by atoms with van der Waals surface area (Å²) in [7, 11) is -2.07. The molecular weight excluding hydrogens is 383 g/mol. The Balaban J connectivity index is 2.60. The van der Waals surface area contributed by atoms with E-state index in [0.29, 0.717) is 5.65 Å². The highest BCUT2D eigenvalue weighted by Crippen LogP contribution is 2.27. The van der Waals surface area contributed by atoms with E-state index in [9.17, 15) is 8.42 Å². The second-order valence-corrected chi connectivity index (χ2v) is 7.09. The molecule has 2 rings (SSSR count). The predicted molar refractivity (Wildman–Crippen MR) is 78.2 cm³/mol. The maximum atomic E-state index is 12.2. The fraction of sp³-hybridized carbons (Fsp3) is 0.364. The molecule has 0 atom stereocenters. The summed E-state index contributed by atoms with van der Waals surface area (Å²) in [6.07, 6.45) is 3.36. The number of hydrogen-bond donors (Lipinski definition) is 1. The van der Waals surface area contributed by atoms with E-state index in [4.69, 9.17) is 9.84 Å². The first-order valence-corrected chi connectivity index (χ1v) is 8.27. The van der Waals surface area contributed by atoms with Crippen LogP contribution in [0.25, 0.3) is 5.65 Å². The molecule has 1 N–H and O–H groups in total. The second kappa shape index (κ2) is 5.63. The summed E-state index contributed by atoms with van der Waals surface area (Å²) in [5.74, 6) is 0.156. The molecule has 0 aromatic carbocycles. The Kier molecular flexibility index (Phi) is 4.31. The third-order valence-electron chi connectivity index (χ3n) is 2.66. The number of rotatable bonds is 5. The smallest absolute Gasteiger partial charge is 0.183 e. The van der Waals surface area contributed by atoms with Crippen LogP contribution in [0.4, 0.5) is 0 Å². The normalized spacial score (nSPS) is 11.9. The third-order valence-corrected chi connectivity index (χ3v) is 5.26. The number of fused-ring (bicyclic) bond motifs is 1. The maximum absolute atomic E-state index is 12.2. The Morgan fingerprint density at radius 3 is 2.89 bits per heavy atom. The number of halogens is 1. The summed E-state index contributed by atoms with van der Waals surface area (Å²) < 4.78 is 32.1. The van der Waals surface area contributed by atoms with E-state index in [0.717, 1.165) is 3.70 Å². The first kappa shape index (κ1) is 14.5. The molecule has 0 aliphatic heterocycles. The van der Waals surface area contributed by atoms with E-state index in [1.165, 1.54) is 13.3 Å². The molecule has 8 heteroatoms. The van der Waals surface area contributed by atoms with E-state index in [1.807, 2.05) is 0 Å². The van der Waals surface area contributed by atoms with Crippen molar-refractivity contribution in [2.24, 2.45) is 0 Å². The molecule has 6 nitrogen and oxygen atoms in total. The molecule has 0 saturated carbocycles. The van der Waals surface area contributed by atoms with Crippen molar-refractivity contribution in [2.75, 3.05) is 19.5 Å². The van der Waals surface area contributed by atoms with Crippen LogP contribution in [0.15, 0.2) is 23.4 Å². The minimum atomic E-state index is -3.49. The van der Waals surface area contributed by atoms with Crippen molar-refractivity contribution in [1.82, 2.24) is 9.38 Å². The molecule has 0 spiro atoms. The van der Waals surface area contributed by atoms with Crippen LogP contribution in [-0.2, 0) is 9.84 Å². The van der Waals surface area contributed by atoms with Gasteiger partial charge in [-0.15, -0.1) is 0 Å². The van der Waals surface area contributed by atoms with Crippen LogP contribution >= 0.6 is 22.6 Å². The van der Waals surface area contributed by atoms with Crippen LogP contribution in [-0.4, -0.2) is 42.4 Å². The fourth-order valence-corrected chi connectivity index (χ4v) is 3.68. The van der Waals surface area contributed by atoms with Crippen molar-refractivity contribution in [2.45, 2.75) is 11.3 Å². The van der Waals surface area contributed by atoms with Gasteiger partial charge in [-0.1, -0.05) is 0 Å². The Morgan fingerprint density at radius 2 is 2.26 bits per heavy atom. The van der Waals surface area contributed by atoms with Gasteiger partial charge in [0.1, 0.15) is 20.0 Å². The Bertz CT molecular complexity index is 696. The average molecular weight is 396 g/mol. The molecule has 19 heavy (non-hydrogen) atoms. The number of methoxy groups -OCH3 is 1. The van der Waals surface area contributed by atoms with Gasteiger partial charge in [-0.05, 0) is 29.0 Å². The largest absolute Gasteiger partial charge is 0.495 e. The SMILES string of the molecule is COc1cc2ncc(I)n2cc1S(=O)(=O)CCCO. The van der Waals surface area contributed by atoms with E-state index >= 15 is 0 Å². The summed E-state index contributed by atoms with van der Waals surface area (Å²) in [6, 6.07) is 1.59. The standard InChI is InChI=1S/C11H13IN2O4S/c1-18-8-5-11-13-6-10(12)14(11)7-9(8)19(16,17)4-2-3-15/h5-7,15H,2-4H2,1H3. The number of sulfone groups is 1. The summed E-state index contributed by atoms with van der Waals surface area (Å²) in [5, 5.41) is 8.77. The first-order chi connectivity index (χ1) is 8.99. The van der Waals surface area contributed by atoms with Gasteiger partial charge < -0.3 is 9.84 Å². The van der Waals surface area contributed by atoms with Crippen LogP contribution in [0, 0.1) is 3.70 Å². The summed E-state index contributed by atoms with van der Waals surface area (Å²) in [6.45, 7) is -0.160. The monoisotopic (exact) mass is 396 g/mol. The number of hydrogen-bond acceptors (Lipinski definition) is 5. The summed E-state index contributed by atoms with van der Waals surface area (Å²) >= 11 is 2.08. The lowest BCUT2D eigenvalue weighted by atomic mass is 10.4. The fourth-order valence-electron chi connectivity index (χ4n) is 1.71. The van der Waals surface area contributed by atoms with Gasteiger partial charge in [0.2, 0.25) is 0 Å². The van der Waals surface area contributed by atoms with Gasteiger partial charge >= 0.3 is 0 Å². The lowest BCUT2D eigenvalue weighted by Crippen LogP contribution is -2.11. The molecule has 2 heterocycles. The Morgan fingerprint density at radius 1 is 1.53 bits per heavy atom. The van der Waals surface area contributed by atoms with Crippen molar-refractivity contribution in [1.29, 1.82) is 0 Å². The van der Waals surface area contributed by atoms with Gasteiger partial charge in [0.15, 0.2) is 9.84 Å². The molecule has 0 radical (unpaired) electrons. The zero-order chi connectivity index (χ0) is 14.0. The third kappa shape index (κ3) is 2.84. The number of aliphatic hydroxyl groups excluding tert-OH is 1. The second-order valence-electron chi connectivity index (χ2n) is 3.91. The molecule has 0 amide bonds. The van der Waals surface area contributed by atoms with Gasteiger partial charge in [0, 0.05) is 18.9 Å². The minimum Gasteiger partial charge on any atom is -0.495 e. The van der Waals surface area contributed by atoms with E-state index in [2.05, 4.69) is 27.6 Å². The Labute approximate surface area is 124 Å². The van der Waals surface area contributed by atoms with Gasteiger partial charge in [-0.3, -0.25) is 4.40 Å². The number of pyridine rings is 1. The van der Waals surface area contributed by atoms with Crippen molar-refractivity contribution < 1.29 is 18.3 Å². The molecule has 2 aromatic heterocycles.